The van der Waals surface area contributed by atoms with Crippen molar-refractivity contribution in [2.75, 3.05) is 0 Å². The Morgan fingerprint density at radius 3 is 2.73 bits per heavy atom. The van der Waals surface area contributed by atoms with E-state index in [2.05, 4.69) is 33.9 Å². The first-order valence-electron chi connectivity index (χ1n) is 5.87. The molecule has 0 radical (unpaired) electrons. The van der Waals surface area contributed by atoms with Gasteiger partial charge in [-0.2, -0.15) is 0 Å². The molecular weight excluding hydrogens is 250 g/mol. The van der Waals surface area contributed by atoms with Gasteiger partial charge in [0.05, 0.1) is 0 Å². The minimum absolute atomic E-state index is 0.881. The molecule has 0 saturated heterocycles. The van der Waals surface area contributed by atoms with E-state index in [9.17, 15) is 0 Å². The van der Waals surface area contributed by atoms with Crippen LogP contribution in [0.4, 0.5) is 0 Å². The van der Waals surface area contributed by atoms with E-state index in [4.69, 9.17) is 0 Å². The van der Waals surface area contributed by atoms with Gasteiger partial charge in [0.1, 0.15) is 0 Å². The zero-order valence-corrected chi connectivity index (χ0v) is 10.9. The third-order valence-corrected chi connectivity index (χ3v) is 4.16. The molecule has 1 aromatic rings. The standard InChI is InChI=1S/C13H18BrN/c1-10-7-12(15-9-13(10)14)8-11-5-3-2-4-6-11/h7,9,11H,2-6,8H2,1H3. The van der Waals surface area contributed by atoms with Crippen molar-refractivity contribution in [2.24, 2.45) is 5.92 Å². The van der Waals surface area contributed by atoms with Crippen molar-refractivity contribution < 1.29 is 0 Å². The zero-order valence-electron chi connectivity index (χ0n) is 9.30. The smallest absolute Gasteiger partial charge is 0.0416 e. The Labute approximate surface area is 100 Å². The second-order valence-corrected chi connectivity index (χ2v) is 5.49. The summed E-state index contributed by atoms with van der Waals surface area (Å²) in [4.78, 5) is 4.49. The largest absolute Gasteiger partial charge is 0.260 e. The van der Waals surface area contributed by atoms with Crippen molar-refractivity contribution in [1.29, 1.82) is 0 Å². The summed E-state index contributed by atoms with van der Waals surface area (Å²) in [5.41, 5.74) is 2.57. The van der Waals surface area contributed by atoms with Crippen LogP contribution in [0, 0.1) is 12.8 Å². The summed E-state index contributed by atoms with van der Waals surface area (Å²) in [7, 11) is 0. The molecule has 0 N–H and O–H groups in total. The van der Waals surface area contributed by atoms with Crippen molar-refractivity contribution in [2.45, 2.75) is 45.4 Å². The molecular formula is C13H18BrN. The topological polar surface area (TPSA) is 12.9 Å². The van der Waals surface area contributed by atoms with E-state index in [1.807, 2.05) is 6.20 Å². The molecule has 1 fully saturated rings. The zero-order chi connectivity index (χ0) is 10.7. The van der Waals surface area contributed by atoms with E-state index in [0.29, 0.717) is 0 Å². The summed E-state index contributed by atoms with van der Waals surface area (Å²) in [6, 6.07) is 2.22. The average Bonchev–Trinajstić information content (AvgIpc) is 2.25. The molecule has 0 bridgehead atoms. The molecule has 0 unspecified atom stereocenters. The van der Waals surface area contributed by atoms with Crippen LogP contribution in [-0.2, 0) is 6.42 Å². The van der Waals surface area contributed by atoms with Crippen molar-refractivity contribution in [3.63, 3.8) is 0 Å². The van der Waals surface area contributed by atoms with Gasteiger partial charge in [0, 0.05) is 16.4 Å². The summed E-state index contributed by atoms with van der Waals surface area (Å²) in [5.74, 6) is 0.881. The van der Waals surface area contributed by atoms with Crippen LogP contribution in [0.15, 0.2) is 16.7 Å². The van der Waals surface area contributed by atoms with Crippen LogP contribution in [0.5, 0.6) is 0 Å². The van der Waals surface area contributed by atoms with Crippen LogP contribution in [-0.4, -0.2) is 4.98 Å². The summed E-state index contributed by atoms with van der Waals surface area (Å²) < 4.78 is 1.12. The van der Waals surface area contributed by atoms with E-state index >= 15 is 0 Å². The number of rotatable bonds is 2. The lowest BCUT2D eigenvalue weighted by Crippen LogP contribution is -2.10. The van der Waals surface area contributed by atoms with Crippen LogP contribution >= 0.6 is 15.9 Å². The number of halogens is 1. The third-order valence-electron chi connectivity index (χ3n) is 3.33. The molecule has 1 aliphatic rings. The molecule has 1 aliphatic carbocycles. The van der Waals surface area contributed by atoms with Gasteiger partial charge in [0.25, 0.3) is 0 Å². The van der Waals surface area contributed by atoms with Gasteiger partial charge in [0.15, 0.2) is 0 Å². The molecule has 0 atom stereocenters. The molecule has 0 spiro atoms. The Hall–Kier alpha value is -0.370. The molecule has 2 rings (SSSR count). The number of aromatic nitrogens is 1. The van der Waals surface area contributed by atoms with E-state index < -0.39 is 0 Å². The van der Waals surface area contributed by atoms with E-state index in [0.717, 1.165) is 10.4 Å². The first-order valence-corrected chi connectivity index (χ1v) is 6.66. The fraction of sp³-hybridized carbons (Fsp3) is 0.615. The molecule has 82 valence electrons. The van der Waals surface area contributed by atoms with Gasteiger partial charge in [-0.1, -0.05) is 32.1 Å². The SMILES string of the molecule is Cc1cc(CC2CCCCC2)ncc1Br. The third kappa shape index (κ3) is 3.04. The van der Waals surface area contributed by atoms with Crippen molar-refractivity contribution in [3.05, 3.63) is 28.0 Å². The predicted molar refractivity (Wildman–Crippen MR) is 67.0 cm³/mol. The molecule has 2 heteroatoms. The van der Waals surface area contributed by atoms with Crippen LogP contribution in [0.1, 0.15) is 43.4 Å². The first kappa shape index (κ1) is 11.1. The van der Waals surface area contributed by atoms with E-state index in [1.54, 1.807) is 0 Å². The quantitative estimate of drug-likeness (QED) is 0.780. The molecule has 0 aromatic carbocycles. The van der Waals surface area contributed by atoms with Gasteiger partial charge in [-0.3, -0.25) is 4.98 Å². The van der Waals surface area contributed by atoms with E-state index in [-0.39, 0.29) is 0 Å². The van der Waals surface area contributed by atoms with Crippen LogP contribution < -0.4 is 0 Å². The number of nitrogens with zero attached hydrogens (tertiary/aromatic N) is 1. The molecule has 1 aromatic heterocycles. The molecule has 1 heterocycles. The van der Waals surface area contributed by atoms with Gasteiger partial charge in [-0.15, -0.1) is 0 Å². The van der Waals surface area contributed by atoms with Crippen molar-refractivity contribution >= 4 is 15.9 Å². The number of pyridine rings is 1. The summed E-state index contributed by atoms with van der Waals surface area (Å²) in [5, 5.41) is 0. The average molecular weight is 268 g/mol. The van der Waals surface area contributed by atoms with Crippen LogP contribution in [0.3, 0.4) is 0 Å². The highest BCUT2D eigenvalue weighted by Gasteiger charge is 2.14. The highest BCUT2D eigenvalue weighted by Crippen LogP contribution is 2.27. The van der Waals surface area contributed by atoms with Crippen molar-refractivity contribution in [1.82, 2.24) is 4.98 Å². The Balaban J connectivity index is 2.00. The number of hydrogen-bond donors (Lipinski definition) is 0. The molecule has 1 saturated carbocycles. The highest BCUT2D eigenvalue weighted by molar-refractivity contribution is 9.10. The lowest BCUT2D eigenvalue weighted by molar-refractivity contribution is 0.354. The minimum atomic E-state index is 0.881. The second kappa shape index (κ2) is 5.11. The maximum Gasteiger partial charge on any atom is 0.0416 e. The Morgan fingerprint density at radius 1 is 1.33 bits per heavy atom. The summed E-state index contributed by atoms with van der Waals surface area (Å²) in [6.07, 6.45) is 10.2. The molecule has 1 nitrogen and oxygen atoms in total. The fourth-order valence-electron chi connectivity index (χ4n) is 2.40. The second-order valence-electron chi connectivity index (χ2n) is 4.63. The van der Waals surface area contributed by atoms with Gasteiger partial charge < -0.3 is 0 Å². The van der Waals surface area contributed by atoms with Gasteiger partial charge in [-0.25, -0.2) is 0 Å². The Morgan fingerprint density at radius 2 is 2.07 bits per heavy atom. The normalized spacial score (nSPS) is 18.0. The molecule has 0 amide bonds. The maximum absolute atomic E-state index is 4.49. The van der Waals surface area contributed by atoms with Gasteiger partial charge in [0.2, 0.25) is 0 Å². The Bertz CT molecular complexity index is 329. The van der Waals surface area contributed by atoms with Crippen LogP contribution in [0.2, 0.25) is 0 Å². The lowest BCUT2D eigenvalue weighted by Gasteiger charge is -2.21. The maximum atomic E-state index is 4.49. The Kier molecular flexibility index (Phi) is 3.79. The minimum Gasteiger partial charge on any atom is -0.260 e. The van der Waals surface area contributed by atoms with Gasteiger partial charge in [-0.05, 0) is 46.8 Å². The summed E-state index contributed by atoms with van der Waals surface area (Å²) in [6.45, 7) is 2.14. The monoisotopic (exact) mass is 267 g/mol. The first-order chi connectivity index (χ1) is 7.25. The van der Waals surface area contributed by atoms with E-state index in [1.165, 1.54) is 49.8 Å². The van der Waals surface area contributed by atoms with Gasteiger partial charge >= 0.3 is 0 Å². The number of hydrogen-bond acceptors (Lipinski definition) is 1. The highest BCUT2D eigenvalue weighted by atomic mass is 79.9. The molecule has 0 aliphatic heterocycles. The predicted octanol–water partition coefficient (Wildman–Crippen LogP) is 4.28. The lowest BCUT2D eigenvalue weighted by atomic mass is 9.86. The summed E-state index contributed by atoms with van der Waals surface area (Å²) >= 11 is 3.49. The van der Waals surface area contributed by atoms with Crippen molar-refractivity contribution in [3.8, 4) is 0 Å². The molecule has 15 heavy (non-hydrogen) atoms. The van der Waals surface area contributed by atoms with Crippen LogP contribution in [0.25, 0.3) is 0 Å². The fourth-order valence-corrected chi connectivity index (χ4v) is 2.61. The number of aryl methyl sites for hydroxylation is 1.